The van der Waals surface area contributed by atoms with Gasteiger partial charge in [0, 0.05) is 0 Å². The molecule has 1 N–H and O–H groups in total. The molecule has 1 unspecified atom stereocenters. The van der Waals surface area contributed by atoms with E-state index >= 15 is 0 Å². The van der Waals surface area contributed by atoms with Crippen molar-refractivity contribution in [2.24, 2.45) is 0 Å². The molecule has 1 saturated heterocycles. The van der Waals surface area contributed by atoms with Crippen LogP contribution in [0.4, 0.5) is 0 Å². The molecule has 60 valence electrons. The van der Waals surface area contributed by atoms with E-state index in [2.05, 4.69) is 10.3 Å². The molecular formula is C6H9N3O2. The molecule has 0 bridgehead atoms. The zero-order valence-electron chi connectivity index (χ0n) is 6.19. The van der Waals surface area contributed by atoms with Crippen molar-refractivity contribution in [3.63, 3.8) is 0 Å². The first-order valence-corrected chi connectivity index (χ1v) is 3.57. The highest BCUT2D eigenvalue weighted by Crippen LogP contribution is 2.26. The van der Waals surface area contributed by atoms with Crippen molar-refractivity contribution in [1.82, 2.24) is 15.0 Å². The Morgan fingerprint density at radius 3 is 3.09 bits per heavy atom. The normalized spacial score (nSPS) is 22.1. The molecule has 1 atom stereocenters. The van der Waals surface area contributed by atoms with Crippen LogP contribution in [0.1, 0.15) is 18.8 Å². The van der Waals surface area contributed by atoms with Gasteiger partial charge < -0.3 is 9.84 Å². The molecule has 0 aliphatic carbocycles. The monoisotopic (exact) mass is 155 g/mol. The minimum Gasteiger partial charge on any atom is -0.491 e. The smallest absolute Gasteiger partial charge is 0.254 e. The van der Waals surface area contributed by atoms with Gasteiger partial charge in [-0.15, -0.1) is 0 Å². The molecule has 1 aliphatic heterocycles. The summed E-state index contributed by atoms with van der Waals surface area (Å²) in [6.07, 6.45) is 0.733. The first kappa shape index (κ1) is 6.60. The van der Waals surface area contributed by atoms with E-state index in [9.17, 15) is 0 Å². The van der Waals surface area contributed by atoms with Gasteiger partial charge in [0.1, 0.15) is 5.69 Å². The van der Waals surface area contributed by atoms with E-state index in [-0.39, 0.29) is 12.1 Å². The molecular weight excluding hydrogens is 146 g/mol. The molecule has 1 aromatic rings. The van der Waals surface area contributed by atoms with E-state index in [1.807, 2.05) is 6.92 Å². The highest BCUT2D eigenvalue weighted by atomic mass is 16.6. The summed E-state index contributed by atoms with van der Waals surface area (Å²) < 4.78 is 6.62. The first-order chi connectivity index (χ1) is 5.33. The Kier molecular flexibility index (Phi) is 1.32. The van der Waals surface area contributed by atoms with Gasteiger partial charge in [-0.3, -0.25) is 0 Å². The quantitative estimate of drug-likeness (QED) is 0.614. The lowest BCUT2D eigenvalue weighted by Crippen LogP contribution is -2.02. The summed E-state index contributed by atoms with van der Waals surface area (Å²) in [6, 6.07) is 0. The fraction of sp³-hybridized carbons (Fsp3) is 0.667. The number of epoxide rings is 1. The second kappa shape index (κ2) is 2.20. The Morgan fingerprint density at radius 2 is 2.55 bits per heavy atom. The number of rotatable bonds is 2. The lowest BCUT2D eigenvalue weighted by atomic mass is 10.3. The molecule has 0 radical (unpaired) electrons. The first-order valence-electron chi connectivity index (χ1n) is 3.57. The average molecular weight is 155 g/mol. The largest absolute Gasteiger partial charge is 0.491 e. The van der Waals surface area contributed by atoms with E-state index in [0.717, 1.165) is 12.1 Å². The highest BCUT2D eigenvalue weighted by Gasteiger charge is 2.29. The van der Waals surface area contributed by atoms with Crippen LogP contribution in [0, 0.1) is 0 Å². The Balaban J connectivity index is 2.36. The van der Waals surface area contributed by atoms with Crippen LogP contribution >= 0.6 is 0 Å². The molecule has 1 fully saturated rings. The Bertz CT molecular complexity index is 267. The molecule has 1 aromatic heterocycles. The van der Waals surface area contributed by atoms with Gasteiger partial charge >= 0.3 is 0 Å². The van der Waals surface area contributed by atoms with Gasteiger partial charge in [0.25, 0.3) is 5.88 Å². The summed E-state index contributed by atoms with van der Waals surface area (Å²) in [5.41, 5.74) is 0.743. The Labute approximate surface area is 63.6 Å². The summed E-state index contributed by atoms with van der Waals surface area (Å²) in [5, 5.41) is 16.4. The second-order valence-electron chi connectivity index (χ2n) is 2.45. The predicted molar refractivity (Wildman–Crippen MR) is 36.1 cm³/mol. The second-order valence-corrected chi connectivity index (χ2v) is 2.45. The van der Waals surface area contributed by atoms with Gasteiger partial charge in [-0.2, -0.15) is 0 Å². The molecule has 0 spiro atoms. The van der Waals surface area contributed by atoms with Gasteiger partial charge in [-0.25, -0.2) is 4.68 Å². The van der Waals surface area contributed by atoms with Crippen LogP contribution in [0.2, 0.25) is 0 Å². The van der Waals surface area contributed by atoms with E-state index in [1.54, 1.807) is 4.68 Å². The van der Waals surface area contributed by atoms with Crippen molar-refractivity contribution in [3.05, 3.63) is 5.69 Å². The molecule has 0 amide bonds. The van der Waals surface area contributed by atoms with Gasteiger partial charge in [0.2, 0.25) is 0 Å². The van der Waals surface area contributed by atoms with Crippen molar-refractivity contribution in [1.29, 1.82) is 0 Å². The third kappa shape index (κ3) is 0.970. The molecule has 11 heavy (non-hydrogen) atoms. The molecule has 2 rings (SSSR count). The molecule has 0 aromatic carbocycles. The maximum Gasteiger partial charge on any atom is 0.254 e. The van der Waals surface area contributed by atoms with Crippen molar-refractivity contribution < 1.29 is 9.84 Å². The summed E-state index contributed by atoms with van der Waals surface area (Å²) in [5.74, 6) is 0.0167. The fourth-order valence-corrected chi connectivity index (χ4v) is 1.04. The fourth-order valence-electron chi connectivity index (χ4n) is 1.04. The summed E-state index contributed by atoms with van der Waals surface area (Å²) >= 11 is 0. The number of aromatic nitrogens is 3. The van der Waals surface area contributed by atoms with Crippen LogP contribution in [0.3, 0.4) is 0 Å². The molecule has 2 heterocycles. The summed E-state index contributed by atoms with van der Waals surface area (Å²) in [4.78, 5) is 0. The summed E-state index contributed by atoms with van der Waals surface area (Å²) in [7, 11) is 0. The van der Waals surface area contributed by atoms with Crippen LogP contribution < -0.4 is 0 Å². The van der Waals surface area contributed by atoms with Crippen LogP contribution in [0.5, 0.6) is 5.88 Å². The van der Waals surface area contributed by atoms with Crippen LogP contribution in [0.15, 0.2) is 0 Å². The summed E-state index contributed by atoms with van der Waals surface area (Å²) in [6.45, 7) is 2.62. The number of hydrogen-bond acceptors (Lipinski definition) is 4. The van der Waals surface area contributed by atoms with Crippen molar-refractivity contribution >= 4 is 0 Å². The number of nitrogens with zero attached hydrogens (tertiary/aromatic N) is 3. The molecule has 5 heteroatoms. The van der Waals surface area contributed by atoms with Crippen molar-refractivity contribution in [3.8, 4) is 5.88 Å². The van der Waals surface area contributed by atoms with Gasteiger partial charge in [-0.1, -0.05) is 17.2 Å². The van der Waals surface area contributed by atoms with Gasteiger partial charge in [0.15, 0.2) is 6.23 Å². The third-order valence-electron chi connectivity index (χ3n) is 1.69. The van der Waals surface area contributed by atoms with Crippen LogP contribution in [0.25, 0.3) is 0 Å². The lowest BCUT2D eigenvalue weighted by molar-refractivity contribution is 0.326. The van der Waals surface area contributed by atoms with Gasteiger partial charge in [0.05, 0.1) is 6.61 Å². The average Bonchev–Trinajstić information content (AvgIpc) is 2.76. The van der Waals surface area contributed by atoms with E-state index < -0.39 is 0 Å². The number of ether oxygens (including phenoxy) is 1. The van der Waals surface area contributed by atoms with E-state index in [0.29, 0.717) is 6.61 Å². The molecule has 0 saturated carbocycles. The van der Waals surface area contributed by atoms with Gasteiger partial charge in [-0.05, 0) is 6.42 Å². The standard InChI is InChI=1S/C6H9N3O2/c1-2-4-6(10)7-8-9(4)5-3-11-5/h5,10H,2-3H2,1H3. The van der Waals surface area contributed by atoms with Crippen LogP contribution in [-0.2, 0) is 11.2 Å². The minimum absolute atomic E-state index is 0.0124. The minimum atomic E-state index is 0.0124. The molecule has 1 aliphatic rings. The predicted octanol–water partition coefficient (Wildman–Crippen LogP) is 0.0749. The zero-order valence-corrected chi connectivity index (χ0v) is 6.19. The maximum atomic E-state index is 9.16. The van der Waals surface area contributed by atoms with Crippen molar-refractivity contribution in [2.75, 3.05) is 6.61 Å². The Hall–Kier alpha value is -1.10. The van der Waals surface area contributed by atoms with E-state index in [4.69, 9.17) is 9.84 Å². The molecule has 5 nitrogen and oxygen atoms in total. The number of aromatic hydroxyl groups is 1. The Morgan fingerprint density at radius 1 is 1.82 bits per heavy atom. The maximum absolute atomic E-state index is 9.16. The van der Waals surface area contributed by atoms with Crippen LogP contribution in [-0.4, -0.2) is 26.7 Å². The van der Waals surface area contributed by atoms with Crippen molar-refractivity contribution in [2.45, 2.75) is 19.6 Å². The lowest BCUT2D eigenvalue weighted by Gasteiger charge is -1.97. The number of hydrogen-bond donors (Lipinski definition) is 1. The SMILES string of the molecule is CCc1c(O)nnn1C1CO1. The highest BCUT2D eigenvalue weighted by molar-refractivity contribution is 5.15. The topological polar surface area (TPSA) is 63.5 Å². The zero-order chi connectivity index (χ0) is 7.84. The van der Waals surface area contributed by atoms with E-state index in [1.165, 1.54) is 0 Å². The third-order valence-corrected chi connectivity index (χ3v) is 1.69.